The number of nitrogens with one attached hydrogen (secondary N) is 1. The standard InChI is InChI=1S/C14H17ClN4O2/c15-11-4-1-3-10(9-11)14-18-13(21-19-14)6-8-17-12(20)5-2-7-16/h1,3-4,9H,2,5-8,16H2,(H,17,20). The topological polar surface area (TPSA) is 94.0 Å². The molecule has 1 aromatic heterocycles. The number of hydrogen-bond donors (Lipinski definition) is 2. The minimum Gasteiger partial charge on any atom is -0.356 e. The minimum atomic E-state index is -0.0185. The van der Waals surface area contributed by atoms with Crippen LogP contribution in [0.25, 0.3) is 11.4 Å². The molecule has 1 amide bonds. The molecule has 0 unspecified atom stereocenters. The third kappa shape index (κ3) is 4.84. The first-order chi connectivity index (χ1) is 10.2. The Kier molecular flexibility index (Phi) is 5.71. The van der Waals surface area contributed by atoms with Gasteiger partial charge < -0.3 is 15.6 Å². The molecule has 0 fully saturated rings. The van der Waals surface area contributed by atoms with Gasteiger partial charge in [-0.25, -0.2) is 0 Å². The second-order valence-corrected chi connectivity index (χ2v) is 4.95. The Morgan fingerprint density at radius 3 is 3.05 bits per heavy atom. The van der Waals surface area contributed by atoms with Crippen molar-refractivity contribution in [3.63, 3.8) is 0 Å². The van der Waals surface area contributed by atoms with E-state index in [4.69, 9.17) is 21.9 Å². The molecule has 112 valence electrons. The molecule has 3 N–H and O–H groups in total. The molecule has 0 saturated heterocycles. The molecular weight excluding hydrogens is 292 g/mol. The summed E-state index contributed by atoms with van der Waals surface area (Å²) in [5.74, 6) is 0.945. The first kappa shape index (κ1) is 15.5. The summed E-state index contributed by atoms with van der Waals surface area (Å²) in [5, 5.41) is 7.30. The predicted molar refractivity (Wildman–Crippen MR) is 79.7 cm³/mol. The highest BCUT2D eigenvalue weighted by molar-refractivity contribution is 6.30. The van der Waals surface area contributed by atoms with E-state index in [1.165, 1.54) is 0 Å². The van der Waals surface area contributed by atoms with Crippen LogP contribution in [0.3, 0.4) is 0 Å². The van der Waals surface area contributed by atoms with Crippen molar-refractivity contribution in [1.29, 1.82) is 0 Å². The number of amides is 1. The fourth-order valence-electron chi connectivity index (χ4n) is 1.76. The average molecular weight is 309 g/mol. The van der Waals surface area contributed by atoms with Crippen LogP contribution in [0.1, 0.15) is 18.7 Å². The highest BCUT2D eigenvalue weighted by Crippen LogP contribution is 2.19. The van der Waals surface area contributed by atoms with E-state index in [1.54, 1.807) is 12.1 Å². The summed E-state index contributed by atoms with van der Waals surface area (Å²) in [6, 6.07) is 7.23. The number of rotatable bonds is 7. The Morgan fingerprint density at radius 1 is 1.43 bits per heavy atom. The van der Waals surface area contributed by atoms with E-state index in [-0.39, 0.29) is 5.91 Å². The van der Waals surface area contributed by atoms with Crippen LogP contribution in [0.4, 0.5) is 0 Å². The van der Waals surface area contributed by atoms with Crippen molar-refractivity contribution in [3.8, 4) is 11.4 Å². The first-order valence-corrected chi connectivity index (χ1v) is 7.12. The van der Waals surface area contributed by atoms with Crippen molar-refractivity contribution in [2.75, 3.05) is 13.1 Å². The molecule has 0 atom stereocenters. The molecule has 0 aliphatic heterocycles. The highest BCUT2D eigenvalue weighted by Gasteiger charge is 2.09. The van der Waals surface area contributed by atoms with Crippen molar-refractivity contribution < 1.29 is 9.32 Å². The number of nitrogens with zero attached hydrogens (tertiary/aromatic N) is 2. The van der Waals surface area contributed by atoms with Crippen LogP contribution in [0.15, 0.2) is 28.8 Å². The van der Waals surface area contributed by atoms with E-state index in [0.29, 0.717) is 49.1 Å². The summed E-state index contributed by atoms with van der Waals surface area (Å²) < 4.78 is 5.15. The molecule has 0 radical (unpaired) electrons. The van der Waals surface area contributed by atoms with Gasteiger partial charge in [0.25, 0.3) is 0 Å². The smallest absolute Gasteiger partial charge is 0.228 e. The third-order valence-electron chi connectivity index (χ3n) is 2.82. The van der Waals surface area contributed by atoms with Crippen LogP contribution in [0.5, 0.6) is 0 Å². The molecule has 0 saturated carbocycles. The lowest BCUT2D eigenvalue weighted by molar-refractivity contribution is -0.121. The quantitative estimate of drug-likeness (QED) is 0.813. The van der Waals surface area contributed by atoms with E-state index in [1.807, 2.05) is 12.1 Å². The zero-order valence-electron chi connectivity index (χ0n) is 11.5. The molecule has 0 spiro atoms. The van der Waals surface area contributed by atoms with Gasteiger partial charge in [-0.1, -0.05) is 28.9 Å². The summed E-state index contributed by atoms with van der Waals surface area (Å²) in [6.07, 6.45) is 1.61. The van der Waals surface area contributed by atoms with Gasteiger partial charge in [0.1, 0.15) is 0 Å². The van der Waals surface area contributed by atoms with Crippen molar-refractivity contribution >= 4 is 17.5 Å². The van der Waals surface area contributed by atoms with Gasteiger partial charge in [-0.15, -0.1) is 0 Å². The lowest BCUT2D eigenvalue weighted by Crippen LogP contribution is -2.26. The van der Waals surface area contributed by atoms with Crippen molar-refractivity contribution in [2.45, 2.75) is 19.3 Å². The van der Waals surface area contributed by atoms with Gasteiger partial charge in [0, 0.05) is 30.0 Å². The van der Waals surface area contributed by atoms with E-state index < -0.39 is 0 Å². The van der Waals surface area contributed by atoms with Gasteiger partial charge in [0.05, 0.1) is 0 Å². The lowest BCUT2D eigenvalue weighted by atomic mass is 10.2. The number of benzene rings is 1. The van der Waals surface area contributed by atoms with Gasteiger partial charge in [-0.2, -0.15) is 4.98 Å². The zero-order valence-corrected chi connectivity index (χ0v) is 12.3. The molecule has 1 aromatic carbocycles. The van der Waals surface area contributed by atoms with Crippen molar-refractivity contribution in [2.24, 2.45) is 5.73 Å². The van der Waals surface area contributed by atoms with Crippen LogP contribution < -0.4 is 11.1 Å². The second kappa shape index (κ2) is 7.75. The van der Waals surface area contributed by atoms with Gasteiger partial charge >= 0.3 is 0 Å². The number of hydrogen-bond acceptors (Lipinski definition) is 5. The molecule has 0 aliphatic rings. The predicted octanol–water partition coefficient (Wildman–Crippen LogP) is 1.79. The van der Waals surface area contributed by atoms with Crippen molar-refractivity contribution in [1.82, 2.24) is 15.5 Å². The lowest BCUT2D eigenvalue weighted by Gasteiger charge is -2.01. The molecule has 2 rings (SSSR count). The maximum Gasteiger partial charge on any atom is 0.228 e. The Morgan fingerprint density at radius 2 is 2.29 bits per heavy atom. The van der Waals surface area contributed by atoms with Gasteiger partial charge in [0.2, 0.25) is 17.6 Å². The molecule has 1 heterocycles. The Hall–Kier alpha value is -1.92. The van der Waals surface area contributed by atoms with E-state index in [0.717, 1.165) is 5.56 Å². The Bertz CT molecular complexity index is 600. The number of aromatic nitrogens is 2. The minimum absolute atomic E-state index is 0.0185. The molecule has 21 heavy (non-hydrogen) atoms. The SMILES string of the molecule is NCCCC(=O)NCCc1nc(-c2cccc(Cl)c2)no1. The molecule has 2 aromatic rings. The maximum absolute atomic E-state index is 11.4. The van der Waals surface area contributed by atoms with Crippen molar-refractivity contribution in [3.05, 3.63) is 35.2 Å². The summed E-state index contributed by atoms with van der Waals surface area (Å²) in [7, 11) is 0. The zero-order chi connectivity index (χ0) is 15.1. The first-order valence-electron chi connectivity index (χ1n) is 6.74. The van der Waals surface area contributed by atoms with E-state index in [2.05, 4.69) is 15.5 Å². The van der Waals surface area contributed by atoms with Crippen LogP contribution >= 0.6 is 11.6 Å². The molecular formula is C14H17ClN4O2. The number of nitrogens with two attached hydrogens (primary N) is 1. The molecule has 7 heteroatoms. The molecule has 0 aliphatic carbocycles. The van der Waals surface area contributed by atoms with E-state index in [9.17, 15) is 4.79 Å². The number of carbonyl (C=O) groups excluding carboxylic acids is 1. The largest absolute Gasteiger partial charge is 0.356 e. The highest BCUT2D eigenvalue weighted by atomic mass is 35.5. The van der Waals surface area contributed by atoms with Crippen LogP contribution in [-0.2, 0) is 11.2 Å². The monoisotopic (exact) mass is 308 g/mol. The fourth-order valence-corrected chi connectivity index (χ4v) is 1.95. The summed E-state index contributed by atoms with van der Waals surface area (Å²) in [6.45, 7) is 0.973. The van der Waals surface area contributed by atoms with Crippen LogP contribution in [0.2, 0.25) is 5.02 Å². The Labute approximate surface area is 127 Å². The number of carbonyl (C=O) groups is 1. The second-order valence-electron chi connectivity index (χ2n) is 4.51. The third-order valence-corrected chi connectivity index (χ3v) is 3.05. The van der Waals surface area contributed by atoms with Gasteiger partial charge in [-0.3, -0.25) is 4.79 Å². The number of halogens is 1. The normalized spacial score (nSPS) is 10.6. The Balaban J connectivity index is 1.85. The van der Waals surface area contributed by atoms with Crippen LogP contribution in [-0.4, -0.2) is 29.1 Å². The van der Waals surface area contributed by atoms with E-state index >= 15 is 0 Å². The maximum atomic E-state index is 11.4. The van der Waals surface area contributed by atoms with Crippen LogP contribution in [0, 0.1) is 0 Å². The molecule has 6 nitrogen and oxygen atoms in total. The molecule has 0 bridgehead atoms. The summed E-state index contributed by atoms with van der Waals surface area (Å²) in [4.78, 5) is 15.7. The van der Waals surface area contributed by atoms with Gasteiger partial charge in [-0.05, 0) is 25.1 Å². The fraction of sp³-hybridized carbons (Fsp3) is 0.357. The average Bonchev–Trinajstić information content (AvgIpc) is 2.94. The summed E-state index contributed by atoms with van der Waals surface area (Å²) in [5.41, 5.74) is 6.14. The van der Waals surface area contributed by atoms with Gasteiger partial charge in [0.15, 0.2) is 0 Å². The summed E-state index contributed by atoms with van der Waals surface area (Å²) >= 11 is 5.92.